The number of amides is 1. The van der Waals surface area contributed by atoms with E-state index in [4.69, 9.17) is 16.1 Å². The van der Waals surface area contributed by atoms with Gasteiger partial charge in [-0.15, -0.1) is 0 Å². The maximum absolute atomic E-state index is 11.8. The largest absolute Gasteiger partial charge is 0.359 e. The smallest absolute Gasteiger partial charge is 0.226 e. The van der Waals surface area contributed by atoms with Crippen LogP contribution in [0.4, 0.5) is 5.69 Å². The number of aromatic nitrogens is 3. The van der Waals surface area contributed by atoms with Crippen LogP contribution in [0.5, 0.6) is 0 Å². The predicted octanol–water partition coefficient (Wildman–Crippen LogP) is 2.48. The molecule has 0 unspecified atom stereocenters. The minimum Gasteiger partial charge on any atom is -0.359 e. The molecule has 7 heteroatoms. The van der Waals surface area contributed by atoms with Gasteiger partial charge < -0.3 is 9.84 Å². The summed E-state index contributed by atoms with van der Waals surface area (Å²) < 4.78 is 6.64. The first-order chi connectivity index (χ1) is 8.97. The van der Waals surface area contributed by atoms with Gasteiger partial charge >= 0.3 is 0 Å². The number of nitrogens with zero attached hydrogens (tertiary/aromatic N) is 3. The Morgan fingerprint density at radius 3 is 2.68 bits per heavy atom. The van der Waals surface area contributed by atoms with E-state index in [9.17, 15) is 4.79 Å². The van der Waals surface area contributed by atoms with Gasteiger partial charge in [-0.25, -0.2) is 0 Å². The van der Waals surface area contributed by atoms with Gasteiger partial charge in [0, 0.05) is 19.2 Å². The third-order valence-corrected chi connectivity index (χ3v) is 3.12. The Labute approximate surface area is 115 Å². The van der Waals surface area contributed by atoms with Gasteiger partial charge in [-0.3, -0.25) is 9.48 Å². The zero-order valence-electron chi connectivity index (χ0n) is 11.0. The van der Waals surface area contributed by atoms with Crippen molar-refractivity contribution in [3.63, 3.8) is 0 Å². The van der Waals surface area contributed by atoms with E-state index in [1.165, 1.54) is 0 Å². The van der Waals surface area contributed by atoms with Gasteiger partial charge in [0.25, 0.3) is 0 Å². The molecule has 0 saturated heterocycles. The monoisotopic (exact) mass is 282 g/mol. The zero-order chi connectivity index (χ0) is 14.0. The van der Waals surface area contributed by atoms with Crippen LogP contribution in [0.15, 0.2) is 10.7 Å². The molecule has 0 atom stereocenters. The minimum atomic E-state index is -0.112. The van der Waals surface area contributed by atoms with Crippen LogP contribution in [0, 0.1) is 20.8 Å². The number of hydrogen-bond acceptors (Lipinski definition) is 4. The lowest BCUT2D eigenvalue weighted by atomic mass is 10.3. The first kappa shape index (κ1) is 13.6. The summed E-state index contributed by atoms with van der Waals surface area (Å²) in [5, 5.41) is 11.3. The lowest BCUT2D eigenvalue weighted by Gasteiger charge is -2.04. The molecule has 0 fully saturated rings. The van der Waals surface area contributed by atoms with Crippen molar-refractivity contribution < 1.29 is 9.32 Å². The van der Waals surface area contributed by atoms with Crippen LogP contribution in [0.25, 0.3) is 0 Å². The van der Waals surface area contributed by atoms with Crippen LogP contribution in [0.3, 0.4) is 0 Å². The summed E-state index contributed by atoms with van der Waals surface area (Å²) in [7, 11) is 0. The Bertz CT molecular complexity index is 564. The molecule has 2 heterocycles. The van der Waals surface area contributed by atoms with E-state index < -0.39 is 0 Å². The molecule has 0 radical (unpaired) electrons. The fourth-order valence-corrected chi connectivity index (χ4v) is 1.84. The maximum Gasteiger partial charge on any atom is 0.226 e. The minimum absolute atomic E-state index is 0.112. The topological polar surface area (TPSA) is 73.0 Å². The summed E-state index contributed by atoms with van der Waals surface area (Å²) in [6.07, 6.45) is 2.02. The average molecular weight is 283 g/mol. The van der Waals surface area contributed by atoms with Gasteiger partial charge in [0.2, 0.25) is 5.91 Å². The number of halogens is 1. The molecule has 1 amide bonds. The molecule has 1 N–H and O–H groups in total. The molecule has 0 saturated carbocycles. The summed E-state index contributed by atoms with van der Waals surface area (Å²) in [4.78, 5) is 11.8. The number of anilines is 1. The van der Waals surface area contributed by atoms with Crippen LogP contribution >= 0.6 is 11.6 Å². The molecule has 102 valence electrons. The van der Waals surface area contributed by atoms with Gasteiger partial charge in [-0.1, -0.05) is 16.8 Å². The Morgan fingerprint density at radius 1 is 1.42 bits per heavy atom. The second-order valence-electron chi connectivity index (χ2n) is 4.32. The van der Waals surface area contributed by atoms with Crippen molar-refractivity contribution in [3.05, 3.63) is 28.4 Å². The quantitative estimate of drug-likeness (QED) is 0.935. The molecule has 0 spiro atoms. The highest BCUT2D eigenvalue weighted by Gasteiger charge is 2.12. The molecule has 0 aliphatic carbocycles. The molecule has 2 aromatic heterocycles. The Hall–Kier alpha value is -1.82. The van der Waals surface area contributed by atoms with Crippen molar-refractivity contribution in [2.24, 2.45) is 0 Å². The Balaban J connectivity index is 1.92. The SMILES string of the molecule is Cc1nn(CCC(=O)Nc2c(C)noc2C)cc1Cl. The average Bonchev–Trinajstić information content (AvgIpc) is 2.84. The van der Waals surface area contributed by atoms with E-state index in [2.05, 4.69) is 15.6 Å². The van der Waals surface area contributed by atoms with Gasteiger partial charge in [-0.2, -0.15) is 5.10 Å². The summed E-state index contributed by atoms with van der Waals surface area (Å²) >= 11 is 5.90. The second kappa shape index (κ2) is 5.44. The molecule has 0 bridgehead atoms. The molecule has 6 nitrogen and oxygen atoms in total. The number of carbonyl (C=O) groups excluding carboxylic acids is 1. The molecular formula is C12H15ClN4O2. The number of rotatable bonds is 4. The van der Waals surface area contributed by atoms with Crippen molar-refractivity contribution in [3.8, 4) is 0 Å². The van der Waals surface area contributed by atoms with E-state index >= 15 is 0 Å². The van der Waals surface area contributed by atoms with Crippen molar-refractivity contribution in [2.45, 2.75) is 33.7 Å². The number of aryl methyl sites for hydroxylation is 4. The summed E-state index contributed by atoms with van der Waals surface area (Å²) in [5.41, 5.74) is 2.07. The van der Waals surface area contributed by atoms with Crippen molar-refractivity contribution in [2.75, 3.05) is 5.32 Å². The molecule has 0 aromatic carbocycles. The van der Waals surface area contributed by atoms with Crippen LogP contribution in [0.2, 0.25) is 5.02 Å². The van der Waals surface area contributed by atoms with Crippen molar-refractivity contribution in [1.29, 1.82) is 0 Å². The summed E-state index contributed by atoms with van der Waals surface area (Å²) in [6.45, 7) is 5.83. The van der Waals surface area contributed by atoms with E-state index in [0.717, 1.165) is 5.69 Å². The number of hydrogen-bond donors (Lipinski definition) is 1. The molecular weight excluding hydrogens is 268 g/mol. The highest BCUT2D eigenvalue weighted by molar-refractivity contribution is 6.31. The van der Waals surface area contributed by atoms with Crippen LogP contribution in [0.1, 0.15) is 23.6 Å². The maximum atomic E-state index is 11.8. The van der Waals surface area contributed by atoms with Gasteiger partial charge in [0.1, 0.15) is 11.4 Å². The van der Waals surface area contributed by atoms with Crippen LogP contribution in [-0.4, -0.2) is 20.8 Å². The zero-order valence-corrected chi connectivity index (χ0v) is 11.8. The molecule has 0 aliphatic heterocycles. The van der Waals surface area contributed by atoms with E-state index in [0.29, 0.717) is 35.1 Å². The number of carbonyl (C=O) groups is 1. The normalized spacial score (nSPS) is 10.7. The van der Waals surface area contributed by atoms with E-state index in [-0.39, 0.29) is 5.91 Å². The fraction of sp³-hybridized carbons (Fsp3) is 0.417. The van der Waals surface area contributed by atoms with Crippen molar-refractivity contribution in [1.82, 2.24) is 14.9 Å². The Kier molecular flexibility index (Phi) is 3.90. The predicted molar refractivity (Wildman–Crippen MR) is 71.2 cm³/mol. The van der Waals surface area contributed by atoms with Gasteiger partial charge in [0.15, 0.2) is 5.76 Å². The van der Waals surface area contributed by atoms with E-state index in [1.807, 2.05) is 6.92 Å². The lowest BCUT2D eigenvalue weighted by Crippen LogP contribution is -2.15. The first-order valence-corrected chi connectivity index (χ1v) is 6.27. The van der Waals surface area contributed by atoms with Crippen LogP contribution in [-0.2, 0) is 11.3 Å². The Morgan fingerprint density at radius 2 is 2.16 bits per heavy atom. The third-order valence-electron chi connectivity index (χ3n) is 2.75. The third kappa shape index (κ3) is 3.14. The highest BCUT2D eigenvalue weighted by atomic mass is 35.5. The molecule has 2 rings (SSSR count). The van der Waals surface area contributed by atoms with E-state index in [1.54, 1.807) is 24.7 Å². The second-order valence-corrected chi connectivity index (χ2v) is 4.73. The molecule has 2 aromatic rings. The first-order valence-electron chi connectivity index (χ1n) is 5.89. The van der Waals surface area contributed by atoms with Gasteiger partial charge in [0.05, 0.1) is 10.7 Å². The molecule has 19 heavy (non-hydrogen) atoms. The van der Waals surface area contributed by atoms with Gasteiger partial charge in [-0.05, 0) is 20.8 Å². The van der Waals surface area contributed by atoms with Crippen LogP contribution < -0.4 is 5.32 Å². The lowest BCUT2D eigenvalue weighted by molar-refractivity contribution is -0.116. The standard InChI is InChI=1S/C12H15ClN4O2/c1-7-10(13)6-17(15-7)5-4-11(18)14-12-8(2)16-19-9(12)3/h6H,4-5H2,1-3H3,(H,14,18). The summed E-state index contributed by atoms with van der Waals surface area (Å²) in [6, 6.07) is 0. The highest BCUT2D eigenvalue weighted by Crippen LogP contribution is 2.19. The molecule has 0 aliphatic rings. The van der Waals surface area contributed by atoms with Crippen molar-refractivity contribution >= 4 is 23.2 Å². The number of nitrogens with one attached hydrogen (secondary N) is 1. The fourth-order valence-electron chi connectivity index (χ4n) is 1.69. The summed E-state index contributed by atoms with van der Waals surface area (Å²) in [5.74, 6) is 0.488.